The third kappa shape index (κ3) is 3.03. The van der Waals surface area contributed by atoms with Crippen LogP contribution in [0.4, 0.5) is 0 Å². The van der Waals surface area contributed by atoms with Crippen molar-refractivity contribution in [1.82, 2.24) is 19.9 Å². The number of nitrogens with zero attached hydrogens (tertiary/aromatic N) is 4. The molecule has 1 atom stereocenters. The van der Waals surface area contributed by atoms with Crippen LogP contribution in [0, 0.1) is 0 Å². The van der Waals surface area contributed by atoms with Crippen LogP contribution in [-0.2, 0) is 0 Å². The Morgan fingerprint density at radius 2 is 2.13 bits per heavy atom. The van der Waals surface area contributed by atoms with Gasteiger partial charge in [0.05, 0.1) is 11.6 Å². The third-order valence-corrected chi connectivity index (χ3v) is 5.36. The Morgan fingerprint density at radius 1 is 1.35 bits per heavy atom. The summed E-state index contributed by atoms with van der Waals surface area (Å²) in [4.78, 5) is 21.1. The van der Waals surface area contributed by atoms with Crippen LogP contribution in [0.3, 0.4) is 0 Å². The van der Waals surface area contributed by atoms with E-state index in [0.29, 0.717) is 11.8 Å². The van der Waals surface area contributed by atoms with E-state index >= 15 is 0 Å². The molecule has 0 bridgehead atoms. The first-order valence-electron chi connectivity index (χ1n) is 8.11. The molecule has 1 amide bonds. The van der Waals surface area contributed by atoms with Crippen LogP contribution in [0.2, 0.25) is 0 Å². The monoisotopic (exact) mass is 332 g/mol. The summed E-state index contributed by atoms with van der Waals surface area (Å²) in [6, 6.07) is 1.99. The van der Waals surface area contributed by atoms with Gasteiger partial charge in [-0.15, -0.1) is 0 Å². The highest BCUT2D eigenvalue weighted by molar-refractivity contribution is 7.08. The largest absolute Gasteiger partial charge is 0.338 e. The first kappa shape index (κ1) is 14.8. The average molecular weight is 332 g/mol. The number of rotatable bonds is 4. The minimum absolute atomic E-state index is 0.105. The van der Waals surface area contributed by atoms with Gasteiger partial charge in [0.1, 0.15) is 0 Å². The third-order valence-electron chi connectivity index (χ3n) is 4.67. The molecule has 1 saturated heterocycles. The zero-order valence-corrected chi connectivity index (χ0v) is 14.0. The van der Waals surface area contributed by atoms with Gasteiger partial charge in [-0.05, 0) is 31.2 Å². The van der Waals surface area contributed by atoms with Gasteiger partial charge >= 0.3 is 0 Å². The number of hydrogen-bond acceptors (Lipinski definition) is 6. The molecule has 2 aliphatic rings. The van der Waals surface area contributed by atoms with Crippen LogP contribution >= 0.6 is 11.3 Å². The fraction of sp³-hybridized carbons (Fsp3) is 0.562. The Morgan fingerprint density at radius 3 is 2.78 bits per heavy atom. The van der Waals surface area contributed by atoms with Crippen molar-refractivity contribution in [3.8, 4) is 0 Å². The Labute approximate surface area is 139 Å². The summed E-state index contributed by atoms with van der Waals surface area (Å²) in [5.41, 5.74) is 0.794. The van der Waals surface area contributed by atoms with E-state index in [0.717, 1.165) is 37.6 Å². The van der Waals surface area contributed by atoms with Crippen LogP contribution in [0.25, 0.3) is 0 Å². The van der Waals surface area contributed by atoms with Gasteiger partial charge < -0.3 is 9.42 Å². The van der Waals surface area contributed by atoms with Gasteiger partial charge in [0.25, 0.3) is 5.91 Å². The Kier molecular flexibility index (Phi) is 3.90. The Hall–Kier alpha value is -1.73. The highest BCUT2D eigenvalue weighted by Gasteiger charge is 2.32. The summed E-state index contributed by atoms with van der Waals surface area (Å²) in [5, 5.41) is 7.95. The smallest absolute Gasteiger partial charge is 0.254 e. The van der Waals surface area contributed by atoms with Crippen LogP contribution in [0.15, 0.2) is 21.3 Å². The van der Waals surface area contributed by atoms with Crippen molar-refractivity contribution < 1.29 is 9.32 Å². The predicted octanol–water partition coefficient (Wildman–Crippen LogP) is 2.53. The van der Waals surface area contributed by atoms with Crippen LogP contribution in [0.5, 0.6) is 0 Å². The molecule has 7 heteroatoms. The van der Waals surface area contributed by atoms with Gasteiger partial charge in [-0.25, -0.2) is 0 Å². The predicted molar refractivity (Wildman–Crippen MR) is 86.5 cm³/mol. The Balaban J connectivity index is 1.35. The first-order chi connectivity index (χ1) is 11.2. The number of aromatic nitrogens is 2. The van der Waals surface area contributed by atoms with Crippen molar-refractivity contribution in [3.05, 3.63) is 34.1 Å². The molecule has 1 unspecified atom stereocenters. The summed E-state index contributed by atoms with van der Waals surface area (Å²) in [6.07, 6.45) is 2.35. The van der Waals surface area contributed by atoms with Crippen LogP contribution in [-0.4, -0.2) is 52.0 Å². The second kappa shape index (κ2) is 6.05. The average Bonchev–Trinajstić information content (AvgIpc) is 3.10. The van der Waals surface area contributed by atoms with Gasteiger partial charge in [0, 0.05) is 37.5 Å². The number of amides is 1. The molecule has 2 fully saturated rings. The van der Waals surface area contributed by atoms with E-state index in [1.54, 1.807) is 11.3 Å². The van der Waals surface area contributed by atoms with E-state index in [4.69, 9.17) is 4.52 Å². The molecule has 6 nitrogen and oxygen atoms in total. The second-order valence-electron chi connectivity index (χ2n) is 6.28. The molecule has 1 aliphatic heterocycles. The molecule has 2 aromatic heterocycles. The molecular formula is C16H20N4O2S. The number of thiophene rings is 1. The van der Waals surface area contributed by atoms with Gasteiger partial charge in [-0.3, -0.25) is 9.69 Å². The Bertz CT molecular complexity index is 672. The maximum Gasteiger partial charge on any atom is 0.254 e. The van der Waals surface area contributed by atoms with E-state index < -0.39 is 0 Å². The van der Waals surface area contributed by atoms with Crippen molar-refractivity contribution in [2.45, 2.75) is 31.7 Å². The lowest BCUT2D eigenvalue weighted by atomic mass is 10.2. The SMILES string of the molecule is CC(c1nc(C2CC2)no1)N1CCN(C(=O)c2ccsc2)CC1. The number of piperazine rings is 1. The van der Waals surface area contributed by atoms with Crippen molar-refractivity contribution in [2.24, 2.45) is 0 Å². The van der Waals surface area contributed by atoms with Crippen LogP contribution < -0.4 is 0 Å². The number of carbonyl (C=O) groups is 1. The lowest BCUT2D eigenvalue weighted by Crippen LogP contribution is -2.49. The molecule has 0 spiro atoms. The molecule has 2 aromatic rings. The normalized spacial score (nSPS) is 20.7. The molecule has 0 aromatic carbocycles. The summed E-state index contributed by atoms with van der Waals surface area (Å²) in [5.74, 6) is 2.20. The molecule has 1 aliphatic carbocycles. The summed E-state index contributed by atoms with van der Waals surface area (Å²) in [6.45, 7) is 5.24. The molecular weight excluding hydrogens is 312 g/mol. The zero-order valence-electron chi connectivity index (χ0n) is 13.1. The lowest BCUT2D eigenvalue weighted by Gasteiger charge is -2.36. The molecule has 1 saturated carbocycles. The standard InChI is InChI=1S/C16H20N4O2S/c1-11(15-17-14(18-22-15)12-2-3-12)19-5-7-20(8-6-19)16(21)13-4-9-23-10-13/h4,9-12H,2-3,5-8H2,1H3. The van der Waals surface area contributed by atoms with E-state index in [9.17, 15) is 4.79 Å². The fourth-order valence-electron chi connectivity index (χ4n) is 2.96. The molecule has 0 N–H and O–H groups in total. The van der Waals surface area contributed by atoms with E-state index in [1.165, 1.54) is 12.8 Å². The van der Waals surface area contributed by atoms with E-state index in [2.05, 4.69) is 22.0 Å². The quantitative estimate of drug-likeness (QED) is 0.861. The van der Waals surface area contributed by atoms with Gasteiger partial charge in [-0.2, -0.15) is 16.3 Å². The molecule has 4 rings (SSSR count). The molecule has 3 heterocycles. The van der Waals surface area contributed by atoms with Gasteiger partial charge in [0.2, 0.25) is 5.89 Å². The minimum Gasteiger partial charge on any atom is -0.338 e. The van der Waals surface area contributed by atoms with Gasteiger partial charge in [-0.1, -0.05) is 5.16 Å². The summed E-state index contributed by atoms with van der Waals surface area (Å²) >= 11 is 1.56. The second-order valence-corrected chi connectivity index (χ2v) is 7.06. The molecule has 122 valence electrons. The van der Waals surface area contributed by atoms with Crippen molar-refractivity contribution >= 4 is 17.2 Å². The van der Waals surface area contributed by atoms with E-state index in [-0.39, 0.29) is 11.9 Å². The summed E-state index contributed by atoms with van der Waals surface area (Å²) < 4.78 is 5.43. The minimum atomic E-state index is 0.105. The number of carbonyl (C=O) groups excluding carboxylic acids is 1. The topological polar surface area (TPSA) is 62.5 Å². The summed E-state index contributed by atoms with van der Waals surface area (Å²) in [7, 11) is 0. The van der Waals surface area contributed by atoms with Crippen molar-refractivity contribution in [2.75, 3.05) is 26.2 Å². The highest BCUT2D eigenvalue weighted by atomic mass is 32.1. The van der Waals surface area contributed by atoms with E-state index in [1.807, 2.05) is 21.7 Å². The van der Waals surface area contributed by atoms with Crippen molar-refractivity contribution in [1.29, 1.82) is 0 Å². The van der Waals surface area contributed by atoms with Gasteiger partial charge in [0.15, 0.2) is 5.82 Å². The van der Waals surface area contributed by atoms with Crippen LogP contribution in [0.1, 0.15) is 53.8 Å². The fourth-order valence-corrected chi connectivity index (χ4v) is 3.59. The lowest BCUT2D eigenvalue weighted by molar-refractivity contribution is 0.0552. The van der Waals surface area contributed by atoms with Crippen molar-refractivity contribution in [3.63, 3.8) is 0 Å². The highest BCUT2D eigenvalue weighted by Crippen LogP contribution is 2.38. The maximum absolute atomic E-state index is 12.4. The maximum atomic E-state index is 12.4. The zero-order chi connectivity index (χ0) is 15.8. The molecule has 0 radical (unpaired) electrons. The first-order valence-corrected chi connectivity index (χ1v) is 9.05. The molecule has 23 heavy (non-hydrogen) atoms. The number of hydrogen-bond donors (Lipinski definition) is 0.